The van der Waals surface area contributed by atoms with Gasteiger partial charge in [-0.2, -0.15) is 0 Å². The topological polar surface area (TPSA) is 38.9 Å². The third-order valence-corrected chi connectivity index (χ3v) is 3.75. The van der Waals surface area contributed by atoms with Gasteiger partial charge < -0.3 is 5.73 Å². The van der Waals surface area contributed by atoms with E-state index in [2.05, 4.69) is 40.7 Å². The molecule has 0 saturated carbocycles. The standard InChI is InChI=1S/C14H12N2S/c15-8-13-7-12(9-17-13)10-3-4-14-11(6-10)2-1-5-16-14/h1-7,9H,8,15H2. The smallest absolute Gasteiger partial charge is 0.0702 e. The number of nitrogens with two attached hydrogens (primary N) is 1. The van der Waals surface area contributed by atoms with Crippen LogP contribution in [0.1, 0.15) is 4.88 Å². The van der Waals surface area contributed by atoms with E-state index >= 15 is 0 Å². The maximum absolute atomic E-state index is 5.63. The molecule has 17 heavy (non-hydrogen) atoms. The van der Waals surface area contributed by atoms with E-state index < -0.39 is 0 Å². The number of hydrogen-bond acceptors (Lipinski definition) is 3. The van der Waals surface area contributed by atoms with Crippen molar-refractivity contribution in [3.63, 3.8) is 0 Å². The Morgan fingerprint density at radius 2 is 2.06 bits per heavy atom. The Balaban J connectivity index is 2.11. The molecule has 3 rings (SSSR count). The molecule has 3 aromatic rings. The third kappa shape index (κ3) is 1.95. The Hall–Kier alpha value is -1.71. The summed E-state index contributed by atoms with van der Waals surface area (Å²) in [5.41, 5.74) is 9.13. The molecule has 0 unspecified atom stereocenters. The van der Waals surface area contributed by atoms with E-state index in [4.69, 9.17) is 5.73 Å². The molecule has 2 heterocycles. The molecule has 0 aliphatic rings. The first kappa shape index (κ1) is 10.4. The number of pyridine rings is 1. The van der Waals surface area contributed by atoms with Crippen molar-refractivity contribution in [3.8, 4) is 11.1 Å². The molecular formula is C14H12N2S. The van der Waals surface area contributed by atoms with Gasteiger partial charge in [0.25, 0.3) is 0 Å². The Morgan fingerprint density at radius 1 is 1.12 bits per heavy atom. The second-order valence-corrected chi connectivity index (χ2v) is 4.91. The lowest BCUT2D eigenvalue weighted by molar-refractivity contribution is 1.11. The lowest BCUT2D eigenvalue weighted by Gasteiger charge is -2.00. The molecule has 2 nitrogen and oxygen atoms in total. The van der Waals surface area contributed by atoms with Crippen molar-refractivity contribution in [1.29, 1.82) is 0 Å². The van der Waals surface area contributed by atoms with E-state index in [0.29, 0.717) is 6.54 Å². The van der Waals surface area contributed by atoms with Crippen LogP contribution < -0.4 is 5.73 Å². The summed E-state index contributed by atoms with van der Waals surface area (Å²) in [6, 6.07) is 12.5. The van der Waals surface area contributed by atoms with Gasteiger partial charge in [0.2, 0.25) is 0 Å². The van der Waals surface area contributed by atoms with Gasteiger partial charge in [-0.25, -0.2) is 0 Å². The Kier molecular flexibility index (Phi) is 2.63. The van der Waals surface area contributed by atoms with Gasteiger partial charge in [0.15, 0.2) is 0 Å². The van der Waals surface area contributed by atoms with Gasteiger partial charge >= 0.3 is 0 Å². The van der Waals surface area contributed by atoms with Crippen LogP contribution in [0.3, 0.4) is 0 Å². The molecule has 0 spiro atoms. The highest BCUT2D eigenvalue weighted by atomic mass is 32.1. The number of rotatable bonds is 2. The van der Waals surface area contributed by atoms with Gasteiger partial charge in [0.05, 0.1) is 5.52 Å². The molecule has 0 bridgehead atoms. The quantitative estimate of drug-likeness (QED) is 0.745. The summed E-state index contributed by atoms with van der Waals surface area (Å²) in [5, 5.41) is 3.32. The molecule has 0 saturated heterocycles. The van der Waals surface area contributed by atoms with Crippen LogP contribution >= 0.6 is 11.3 Å². The van der Waals surface area contributed by atoms with Crippen molar-refractivity contribution < 1.29 is 0 Å². The summed E-state index contributed by atoms with van der Waals surface area (Å²) in [6.45, 7) is 0.611. The number of benzene rings is 1. The molecule has 0 radical (unpaired) electrons. The van der Waals surface area contributed by atoms with E-state index in [-0.39, 0.29) is 0 Å². The van der Waals surface area contributed by atoms with Gasteiger partial charge in [0.1, 0.15) is 0 Å². The molecule has 2 aromatic heterocycles. The van der Waals surface area contributed by atoms with Gasteiger partial charge in [-0.3, -0.25) is 4.98 Å². The zero-order valence-electron chi connectivity index (χ0n) is 9.26. The van der Waals surface area contributed by atoms with Crippen molar-refractivity contribution in [3.05, 3.63) is 52.9 Å². The second kappa shape index (κ2) is 4.28. The Morgan fingerprint density at radius 3 is 2.88 bits per heavy atom. The summed E-state index contributed by atoms with van der Waals surface area (Å²) < 4.78 is 0. The van der Waals surface area contributed by atoms with E-state index in [1.807, 2.05) is 12.3 Å². The van der Waals surface area contributed by atoms with Crippen molar-refractivity contribution in [2.75, 3.05) is 0 Å². The number of nitrogens with zero attached hydrogens (tertiary/aromatic N) is 1. The summed E-state index contributed by atoms with van der Waals surface area (Å²) in [7, 11) is 0. The fourth-order valence-corrected chi connectivity index (χ4v) is 2.67. The maximum Gasteiger partial charge on any atom is 0.0702 e. The SMILES string of the molecule is NCc1cc(-c2ccc3ncccc3c2)cs1. The van der Waals surface area contributed by atoms with Crippen LogP contribution in [0.5, 0.6) is 0 Å². The molecule has 0 aliphatic carbocycles. The Labute approximate surface area is 104 Å². The summed E-state index contributed by atoms with van der Waals surface area (Å²) in [4.78, 5) is 5.53. The van der Waals surface area contributed by atoms with Crippen LogP contribution in [-0.2, 0) is 6.54 Å². The lowest BCUT2D eigenvalue weighted by Crippen LogP contribution is -1.91. The van der Waals surface area contributed by atoms with E-state index in [1.165, 1.54) is 21.4 Å². The highest BCUT2D eigenvalue weighted by Crippen LogP contribution is 2.27. The third-order valence-electron chi connectivity index (χ3n) is 2.79. The number of thiophene rings is 1. The van der Waals surface area contributed by atoms with Gasteiger partial charge in [-0.1, -0.05) is 12.1 Å². The number of fused-ring (bicyclic) bond motifs is 1. The minimum atomic E-state index is 0.611. The highest BCUT2D eigenvalue weighted by molar-refractivity contribution is 7.10. The van der Waals surface area contributed by atoms with Crippen LogP contribution in [-0.4, -0.2) is 4.98 Å². The second-order valence-electron chi connectivity index (χ2n) is 3.92. The molecular weight excluding hydrogens is 228 g/mol. The van der Waals surface area contributed by atoms with Gasteiger partial charge in [-0.05, 0) is 40.8 Å². The first-order valence-electron chi connectivity index (χ1n) is 5.49. The van der Waals surface area contributed by atoms with Crippen LogP contribution in [0, 0.1) is 0 Å². The fourth-order valence-electron chi connectivity index (χ4n) is 1.89. The summed E-state index contributed by atoms with van der Waals surface area (Å²) >= 11 is 1.71. The van der Waals surface area contributed by atoms with Crippen LogP contribution in [0.4, 0.5) is 0 Å². The number of hydrogen-bond donors (Lipinski definition) is 1. The summed E-state index contributed by atoms with van der Waals surface area (Å²) in [6.07, 6.45) is 1.82. The predicted molar refractivity (Wildman–Crippen MR) is 72.9 cm³/mol. The average molecular weight is 240 g/mol. The van der Waals surface area contributed by atoms with E-state index in [9.17, 15) is 0 Å². The Bertz CT molecular complexity index is 658. The van der Waals surface area contributed by atoms with Crippen molar-refractivity contribution in [2.45, 2.75) is 6.54 Å². The molecule has 0 aliphatic heterocycles. The van der Waals surface area contributed by atoms with Gasteiger partial charge in [-0.15, -0.1) is 11.3 Å². The van der Waals surface area contributed by atoms with Gasteiger partial charge in [0, 0.05) is 23.0 Å². The zero-order chi connectivity index (χ0) is 11.7. The molecule has 3 heteroatoms. The summed E-state index contributed by atoms with van der Waals surface area (Å²) in [5.74, 6) is 0. The van der Waals surface area contributed by atoms with Crippen molar-refractivity contribution in [2.24, 2.45) is 5.73 Å². The van der Waals surface area contributed by atoms with Crippen molar-refractivity contribution >= 4 is 22.2 Å². The van der Waals surface area contributed by atoms with Crippen LogP contribution in [0.15, 0.2) is 48.0 Å². The van der Waals surface area contributed by atoms with Crippen molar-refractivity contribution in [1.82, 2.24) is 4.98 Å². The maximum atomic E-state index is 5.63. The first-order chi connectivity index (χ1) is 8.36. The van der Waals surface area contributed by atoms with Crippen LogP contribution in [0.2, 0.25) is 0 Å². The lowest BCUT2D eigenvalue weighted by atomic mass is 10.1. The number of aromatic nitrogens is 1. The predicted octanol–water partition coefficient (Wildman–Crippen LogP) is 3.42. The zero-order valence-corrected chi connectivity index (χ0v) is 10.1. The normalized spacial score (nSPS) is 10.9. The molecule has 84 valence electrons. The largest absolute Gasteiger partial charge is 0.326 e. The molecule has 0 atom stereocenters. The van der Waals surface area contributed by atoms with E-state index in [0.717, 1.165) is 5.52 Å². The molecule has 2 N–H and O–H groups in total. The molecule has 1 aromatic carbocycles. The monoisotopic (exact) mass is 240 g/mol. The first-order valence-corrected chi connectivity index (χ1v) is 6.37. The highest BCUT2D eigenvalue weighted by Gasteiger charge is 2.02. The van der Waals surface area contributed by atoms with Crippen LogP contribution in [0.25, 0.3) is 22.0 Å². The minimum Gasteiger partial charge on any atom is -0.326 e. The molecule has 0 fully saturated rings. The van der Waals surface area contributed by atoms with E-state index in [1.54, 1.807) is 11.3 Å². The molecule has 0 amide bonds. The minimum absolute atomic E-state index is 0.611. The fraction of sp³-hybridized carbons (Fsp3) is 0.0714. The average Bonchev–Trinajstić information content (AvgIpc) is 2.87.